The third kappa shape index (κ3) is 3.87. The van der Waals surface area contributed by atoms with E-state index >= 15 is 0 Å². The van der Waals surface area contributed by atoms with Gasteiger partial charge in [-0.05, 0) is 50.5 Å². The largest absolute Gasteiger partial charge is 0.376 e. The van der Waals surface area contributed by atoms with Crippen LogP contribution >= 0.6 is 0 Å². The second-order valence-electron chi connectivity index (χ2n) is 6.30. The fraction of sp³-hybridized carbons (Fsp3) is 0.556. The Morgan fingerprint density at radius 2 is 2.12 bits per heavy atom. The SMILES string of the molecule is CCN(C[C@H]1CCCO1)C(=O)Nc1ccc(N2CCCC2=O)cc1. The minimum atomic E-state index is -0.113. The van der Waals surface area contributed by atoms with Gasteiger partial charge in [-0.25, -0.2) is 4.79 Å². The van der Waals surface area contributed by atoms with Crippen LogP contribution in [0.1, 0.15) is 32.6 Å². The summed E-state index contributed by atoms with van der Waals surface area (Å²) in [5, 5.41) is 2.92. The lowest BCUT2D eigenvalue weighted by molar-refractivity contribution is -0.117. The summed E-state index contributed by atoms with van der Waals surface area (Å²) in [6.07, 6.45) is 3.77. The normalized spacial score (nSPS) is 20.5. The highest BCUT2D eigenvalue weighted by Gasteiger charge is 2.23. The van der Waals surface area contributed by atoms with Gasteiger partial charge in [-0.1, -0.05) is 0 Å². The number of carbonyl (C=O) groups excluding carboxylic acids is 2. The summed E-state index contributed by atoms with van der Waals surface area (Å²) in [7, 11) is 0. The number of benzene rings is 1. The summed E-state index contributed by atoms with van der Waals surface area (Å²) in [5.41, 5.74) is 1.63. The van der Waals surface area contributed by atoms with E-state index in [1.54, 1.807) is 9.80 Å². The van der Waals surface area contributed by atoms with E-state index in [0.717, 1.165) is 43.8 Å². The van der Waals surface area contributed by atoms with Crippen LogP contribution in [-0.2, 0) is 9.53 Å². The standard InChI is InChI=1S/C18H25N3O3/c1-2-20(13-16-5-4-12-24-16)18(23)19-14-7-9-15(10-8-14)21-11-3-6-17(21)22/h7-10,16H,2-6,11-13H2,1H3,(H,19,23)/t16-/m1/s1. The molecule has 0 radical (unpaired) electrons. The maximum absolute atomic E-state index is 12.4. The smallest absolute Gasteiger partial charge is 0.321 e. The first-order valence-electron chi connectivity index (χ1n) is 8.75. The van der Waals surface area contributed by atoms with Crippen LogP contribution in [0.3, 0.4) is 0 Å². The Kier molecular flexibility index (Phi) is 5.35. The molecule has 0 bridgehead atoms. The van der Waals surface area contributed by atoms with Crippen molar-refractivity contribution in [2.45, 2.75) is 38.7 Å². The molecule has 3 rings (SSSR count). The van der Waals surface area contributed by atoms with Crippen molar-refractivity contribution in [3.05, 3.63) is 24.3 Å². The molecule has 0 aromatic heterocycles. The highest BCUT2D eigenvalue weighted by Crippen LogP contribution is 2.23. The topological polar surface area (TPSA) is 61.9 Å². The quantitative estimate of drug-likeness (QED) is 0.902. The van der Waals surface area contributed by atoms with Gasteiger partial charge in [-0.15, -0.1) is 0 Å². The van der Waals surface area contributed by atoms with Crippen LogP contribution in [0.2, 0.25) is 0 Å². The van der Waals surface area contributed by atoms with Gasteiger partial charge in [-0.2, -0.15) is 0 Å². The number of carbonyl (C=O) groups is 2. The number of nitrogens with zero attached hydrogens (tertiary/aromatic N) is 2. The van der Waals surface area contributed by atoms with Gasteiger partial charge >= 0.3 is 6.03 Å². The molecule has 0 saturated carbocycles. The molecule has 2 heterocycles. The van der Waals surface area contributed by atoms with Crippen molar-refractivity contribution in [1.82, 2.24) is 4.90 Å². The van der Waals surface area contributed by atoms with Crippen LogP contribution in [0, 0.1) is 0 Å². The Hall–Kier alpha value is -2.08. The number of nitrogens with one attached hydrogen (secondary N) is 1. The molecule has 0 spiro atoms. The molecule has 1 N–H and O–H groups in total. The average Bonchev–Trinajstić information content (AvgIpc) is 3.25. The number of amides is 3. The van der Waals surface area contributed by atoms with E-state index in [1.165, 1.54) is 0 Å². The van der Waals surface area contributed by atoms with Crippen molar-refractivity contribution in [3.63, 3.8) is 0 Å². The Bertz CT molecular complexity index is 582. The monoisotopic (exact) mass is 331 g/mol. The van der Waals surface area contributed by atoms with Crippen molar-refractivity contribution in [2.75, 3.05) is 36.5 Å². The third-order valence-electron chi connectivity index (χ3n) is 4.62. The Morgan fingerprint density at radius 3 is 2.71 bits per heavy atom. The molecule has 2 fully saturated rings. The maximum Gasteiger partial charge on any atom is 0.321 e. The predicted octanol–water partition coefficient (Wildman–Crippen LogP) is 2.85. The summed E-state index contributed by atoms with van der Waals surface area (Å²) in [5.74, 6) is 0.167. The van der Waals surface area contributed by atoms with Crippen molar-refractivity contribution in [3.8, 4) is 0 Å². The molecule has 1 atom stereocenters. The average molecular weight is 331 g/mol. The van der Waals surface area contributed by atoms with E-state index in [9.17, 15) is 9.59 Å². The molecule has 2 aliphatic heterocycles. The van der Waals surface area contributed by atoms with Gasteiger partial charge in [0.15, 0.2) is 0 Å². The molecular formula is C18H25N3O3. The van der Waals surface area contributed by atoms with Crippen LogP contribution < -0.4 is 10.2 Å². The van der Waals surface area contributed by atoms with Gasteiger partial charge in [0, 0.05) is 44.0 Å². The lowest BCUT2D eigenvalue weighted by atomic mass is 10.2. The summed E-state index contributed by atoms with van der Waals surface area (Å²) in [4.78, 5) is 27.8. The van der Waals surface area contributed by atoms with E-state index < -0.39 is 0 Å². The molecule has 24 heavy (non-hydrogen) atoms. The Morgan fingerprint density at radius 1 is 1.33 bits per heavy atom. The van der Waals surface area contributed by atoms with E-state index in [1.807, 2.05) is 31.2 Å². The van der Waals surface area contributed by atoms with E-state index in [2.05, 4.69) is 5.32 Å². The number of hydrogen-bond donors (Lipinski definition) is 1. The highest BCUT2D eigenvalue weighted by molar-refractivity contribution is 5.96. The summed E-state index contributed by atoms with van der Waals surface area (Å²) < 4.78 is 5.61. The van der Waals surface area contributed by atoms with Gasteiger partial charge in [-0.3, -0.25) is 4.79 Å². The van der Waals surface area contributed by atoms with Crippen molar-refractivity contribution in [1.29, 1.82) is 0 Å². The first-order valence-corrected chi connectivity index (χ1v) is 8.75. The predicted molar refractivity (Wildman–Crippen MR) is 93.3 cm³/mol. The number of likely N-dealkylation sites (N-methyl/N-ethyl adjacent to an activating group) is 1. The molecule has 6 nitrogen and oxygen atoms in total. The molecule has 1 aromatic carbocycles. The van der Waals surface area contributed by atoms with Crippen LogP contribution in [0.15, 0.2) is 24.3 Å². The number of anilines is 2. The van der Waals surface area contributed by atoms with Crippen molar-refractivity contribution < 1.29 is 14.3 Å². The molecule has 1 aromatic rings. The number of rotatable bonds is 5. The second kappa shape index (κ2) is 7.66. The lowest BCUT2D eigenvalue weighted by Gasteiger charge is -2.24. The number of urea groups is 1. The fourth-order valence-electron chi connectivity index (χ4n) is 3.24. The molecular weight excluding hydrogens is 306 g/mol. The zero-order valence-electron chi connectivity index (χ0n) is 14.2. The van der Waals surface area contributed by atoms with Gasteiger partial charge < -0.3 is 19.9 Å². The molecule has 0 unspecified atom stereocenters. The summed E-state index contributed by atoms with van der Waals surface area (Å²) in [6, 6.07) is 7.35. The second-order valence-corrected chi connectivity index (χ2v) is 6.30. The van der Waals surface area contributed by atoms with Gasteiger partial charge in [0.25, 0.3) is 0 Å². The van der Waals surface area contributed by atoms with E-state index in [4.69, 9.17) is 4.74 Å². The van der Waals surface area contributed by atoms with E-state index in [0.29, 0.717) is 19.5 Å². The van der Waals surface area contributed by atoms with E-state index in [-0.39, 0.29) is 18.0 Å². The summed E-state index contributed by atoms with van der Waals surface area (Å²) >= 11 is 0. The highest BCUT2D eigenvalue weighted by atomic mass is 16.5. The van der Waals surface area contributed by atoms with Crippen LogP contribution in [-0.4, -0.2) is 49.2 Å². The molecule has 0 aliphatic carbocycles. The number of hydrogen-bond acceptors (Lipinski definition) is 3. The lowest BCUT2D eigenvalue weighted by Crippen LogP contribution is -2.39. The minimum absolute atomic E-state index is 0.113. The molecule has 130 valence electrons. The zero-order valence-corrected chi connectivity index (χ0v) is 14.2. The van der Waals surface area contributed by atoms with Crippen LogP contribution in [0.25, 0.3) is 0 Å². The molecule has 2 aliphatic rings. The zero-order chi connectivity index (χ0) is 16.9. The van der Waals surface area contributed by atoms with Gasteiger partial charge in [0.1, 0.15) is 0 Å². The van der Waals surface area contributed by atoms with Crippen molar-refractivity contribution in [2.24, 2.45) is 0 Å². The Labute approximate surface area is 142 Å². The molecule has 2 saturated heterocycles. The maximum atomic E-state index is 12.4. The minimum Gasteiger partial charge on any atom is -0.376 e. The molecule has 3 amide bonds. The van der Waals surface area contributed by atoms with Gasteiger partial charge in [0.05, 0.1) is 6.10 Å². The van der Waals surface area contributed by atoms with Crippen molar-refractivity contribution >= 4 is 23.3 Å². The van der Waals surface area contributed by atoms with Crippen LogP contribution in [0.4, 0.5) is 16.2 Å². The Balaban J connectivity index is 1.57. The first kappa shape index (κ1) is 16.8. The fourth-order valence-corrected chi connectivity index (χ4v) is 3.24. The van der Waals surface area contributed by atoms with Gasteiger partial charge in [0.2, 0.25) is 5.91 Å². The summed E-state index contributed by atoms with van der Waals surface area (Å²) in [6.45, 7) is 4.81. The number of ether oxygens (including phenoxy) is 1. The first-order chi connectivity index (χ1) is 11.7. The van der Waals surface area contributed by atoms with Crippen LogP contribution in [0.5, 0.6) is 0 Å². The molecule has 6 heteroatoms. The third-order valence-corrected chi connectivity index (χ3v) is 4.62.